The third kappa shape index (κ3) is 2.30. The van der Waals surface area contributed by atoms with E-state index in [2.05, 4.69) is 70.2 Å². The number of pyridine rings is 1. The Bertz CT molecular complexity index is 911. The molecule has 0 aliphatic heterocycles. The number of benzene rings is 1. The molecule has 0 bridgehead atoms. The van der Waals surface area contributed by atoms with Gasteiger partial charge in [0.1, 0.15) is 0 Å². The van der Waals surface area contributed by atoms with Gasteiger partial charge >= 0.3 is 0 Å². The largest absolute Gasteiger partial charge is 0.308 e. The average Bonchev–Trinajstić information content (AvgIpc) is 2.50. The molecule has 1 heterocycles. The highest BCUT2D eigenvalue weighted by Crippen LogP contribution is 2.47. The van der Waals surface area contributed by atoms with Gasteiger partial charge in [-0.3, -0.25) is 4.98 Å². The molecular weight excluding hydrogens is 308 g/mol. The van der Waals surface area contributed by atoms with E-state index >= 15 is 0 Å². The third-order valence-electron chi connectivity index (χ3n) is 5.25. The van der Waals surface area contributed by atoms with Crippen molar-refractivity contribution >= 4 is 35.8 Å². The Morgan fingerprint density at radius 3 is 2.50 bits per heavy atom. The van der Waals surface area contributed by atoms with Gasteiger partial charge in [-0.05, 0) is 40.7 Å². The van der Waals surface area contributed by atoms with Gasteiger partial charge in [0.25, 0.3) is 0 Å². The minimum atomic E-state index is -1.43. The number of hydrogen-bond donors (Lipinski definition) is 1. The maximum absolute atomic E-state index is 7.71. The van der Waals surface area contributed by atoms with E-state index in [1.807, 2.05) is 6.20 Å². The molecule has 0 saturated heterocycles. The van der Waals surface area contributed by atoms with Gasteiger partial charge in [0.15, 0.2) is 0 Å². The third-order valence-corrected chi connectivity index (χ3v) is 7.27. The van der Waals surface area contributed by atoms with Crippen molar-refractivity contribution in [2.45, 2.75) is 45.8 Å². The molecule has 2 nitrogen and oxygen atoms in total. The molecule has 2 aromatic rings. The molecule has 1 aromatic carbocycles. The predicted octanol–water partition coefficient (Wildman–Crippen LogP) is 5.05. The average molecular weight is 335 g/mol. The van der Waals surface area contributed by atoms with Crippen molar-refractivity contribution in [3.63, 3.8) is 0 Å². The quantitative estimate of drug-likeness (QED) is 0.619. The Labute approximate surface area is 145 Å². The first-order valence-electron chi connectivity index (χ1n) is 8.44. The van der Waals surface area contributed by atoms with Crippen LogP contribution >= 0.6 is 0 Å². The van der Waals surface area contributed by atoms with Crippen molar-refractivity contribution in [2.24, 2.45) is 0 Å². The van der Waals surface area contributed by atoms with Crippen LogP contribution in [0.2, 0.25) is 19.6 Å². The molecule has 124 valence electrons. The molecule has 1 aliphatic rings. The molecule has 0 amide bonds. The normalized spacial score (nSPS) is 16.4. The summed E-state index contributed by atoms with van der Waals surface area (Å²) >= 11 is 0. The van der Waals surface area contributed by atoms with E-state index in [1.54, 1.807) is 0 Å². The van der Waals surface area contributed by atoms with E-state index in [4.69, 9.17) is 5.41 Å². The zero-order chi connectivity index (χ0) is 17.9. The van der Waals surface area contributed by atoms with Crippen LogP contribution in [0.4, 0.5) is 0 Å². The Hall–Kier alpha value is -2.00. The second-order valence-electron chi connectivity index (χ2n) is 8.33. The van der Waals surface area contributed by atoms with Gasteiger partial charge in [0, 0.05) is 23.2 Å². The van der Waals surface area contributed by atoms with E-state index in [9.17, 15) is 0 Å². The highest BCUT2D eigenvalue weighted by atomic mass is 28.3. The van der Waals surface area contributed by atoms with Crippen LogP contribution in [-0.4, -0.2) is 19.3 Å². The molecule has 0 spiro atoms. The van der Waals surface area contributed by atoms with Crippen LogP contribution in [0.25, 0.3) is 16.3 Å². The summed E-state index contributed by atoms with van der Waals surface area (Å²) in [5, 5.41) is 11.7. The number of rotatable bonds is 3. The molecule has 0 atom stereocenters. The Morgan fingerprint density at radius 1 is 1.25 bits per heavy atom. The molecule has 0 unspecified atom stereocenters. The molecule has 1 aromatic heterocycles. The van der Waals surface area contributed by atoms with Crippen LogP contribution in [0.5, 0.6) is 0 Å². The van der Waals surface area contributed by atoms with E-state index in [0.29, 0.717) is 0 Å². The topological polar surface area (TPSA) is 36.7 Å². The summed E-state index contributed by atoms with van der Waals surface area (Å²) < 4.78 is 0. The van der Waals surface area contributed by atoms with Gasteiger partial charge in [-0.25, -0.2) is 0 Å². The maximum atomic E-state index is 7.71. The summed E-state index contributed by atoms with van der Waals surface area (Å²) in [6.07, 6.45) is 3.27. The van der Waals surface area contributed by atoms with E-state index in [-0.39, 0.29) is 5.41 Å². The molecule has 0 saturated carbocycles. The molecule has 1 aliphatic carbocycles. The lowest BCUT2D eigenvalue weighted by Crippen LogP contribution is -2.39. The van der Waals surface area contributed by atoms with Crippen molar-refractivity contribution in [3.8, 4) is 0 Å². The van der Waals surface area contributed by atoms with Crippen molar-refractivity contribution in [2.75, 3.05) is 0 Å². The second kappa shape index (κ2) is 5.25. The fourth-order valence-corrected chi connectivity index (χ4v) is 5.13. The smallest absolute Gasteiger partial charge is 0.0776 e. The second-order valence-corrected chi connectivity index (χ2v) is 13.4. The first kappa shape index (κ1) is 16.8. The predicted molar refractivity (Wildman–Crippen MR) is 108 cm³/mol. The number of nitrogens with zero attached hydrogens (tertiary/aromatic N) is 1. The zero-order valence-corrected chi connectivity index (χ0v) is 16.5. The van der Waals surface area contributed by atoms with Gasteiger partial charge in [-0.1, -0.05) is 57.4 Å². The SMILES string of the molecule is C=C(C=N)C1=C(C)c2nccc3cc([Si](C)(C)C)cc(c23)C1(C)C. The molecule has 3 heteroatoms. The first-order valence-corrected chi connectivity index (χ1v) is 11.9. The van der Waals surface area contributed by atoms with E-state index in [0.717, 1.165) is 22.4 Å². The van der Waals surface area contributed by atoms with Crippen LogP contribution in [0.15, 0.2) is 42.1 Å². The van der Waals surface area contributed by atoms with Gasteiger partial charge in [-0.15, -0.1) is 0 Å². The summed E-state index contributed by atoms with van der Waals surface area (Å²) in [4.78, 5) is 4.68. The van der Waals surface area contributed by atoms with Gasteiger partial charge in [-0.2, -0.15) is 0 Å². The summed E-state index contributed by atoms with van der Waals surface area (Å²) in [6, 6.07) is 6.88. The van der Waals surface area contributed by atoms with Crippen molar-refractivity contribution in [1.82, 2.24) is 4.98 Å². The fraction of sp³-hybridized carbons (Fsp3) is 0.333. The monoisotopic (exact) mass is 334 g/mol. The number of nitrogens with one attached hydrogen (secondary N) is 1. The van der Waals surface area contributed by atoms with Crippen LogP contribution in [0.3, 0.4) is 0 Å². The van der Waals surface area contributed by atoms with Gasteiger partial charge < -0.3 is 5.41 Å². The molecule has 0 radical (unpaired) electrons. The summed E-state index contributed by atoms with van der Waals surface area (Å²) in [7, 11) is -1.43. The standard InChI is InChI=1S/C21H26N2Si/c1-13(12-22)19-14(2)20-18-15(8-9-23-20)10-16(24(5,6)7)11-17(18)21(19,3)4/h8-12,22H,1H2,2-7H3. The van der Waals surface area contributed by atoms with Crippen LogP contribution in [-0.2, 0) is 5.41 Å². The van der Waals surface area contributed by atoms with Crippen molar-refractivity contribution < 1.29 is 0 Å². The van der Waals surface area contributed by atoms with E-state index in [1.165, 1.54) is 27.7 Å². The maximum Gasteiger partial charge on any atom is 0.0776 e. The first-order chi connectivity index (χ1) is 11.1. The highest BCUT2D eigenvalue weighted by Gasteiger charge is 2.36. The molecule has 24 heavy (non-hydrogen) atoms. The Morgan fingerprint density at radius 2 is 1.92 bits per heavy atom. The number of aromatic nitrogens is 1. The van der Waals surface area contributed by atoms with Gasteiger partial charge in [0.2, 0.25) is 0 Å². The fourth-order valence-electron chi connectivity index (χ4n) is 3.96. The number of allylic oxidation sites excluding steroid dienone is 3. The highest BCUT2D eigenvalue weighted by molar-refractivity contribution is 6.88. The minimum Gasteiger partial charge on any atom is -0.308 e. The molecule has 0 fully saturated rings. The van der Waals surface area contributed by atoms with Gasteiger partial charge in [0.05, 0.1) is 13.8 Å². The summed E-state index contributed by atoms with van der Waals surface area (Å²) in [6.45, 7) is 17.9. The van der Waals surface area contributed by atoms with Crippen LogP contribution in [0.1, 0.15) is 32.0 Å². The van der Waals surface area contributed by atoms with Crippen LogP contribution < -0.4 is 5.19 Å². The lowest BCUT2D eigenvalue weighted by atomic mass is 9.67. The Balaban J connectivity index is 2.48. The molecule has 1 N–H and O–H groups in total. The van der Waals surface area contributed by atoms with Crippen molar-refractivity contribution in [1.29, 1.82) is 5.41 Å². The lowest BCUT2D eigenvalue weighted by Gasteiger charge is -2.37. The van der Waals surface area contributed by atoms with Crippen LogP contribution in [0, 0.1) is 5.41 Å². The molecule has 3 rings (SSSR count). The number of hydrogen-bond acceptors (Lipinski definition) is 2. The Kier molecular flexibility index (Phi) is 3.68. The lowest BCUT2D eigenvalue weighted by molar-refractivity contribution is 0.639. The van der Waals surface area contributed by atoms with E-state index < -0.39 is 8.07 Å². The summed E-state index contributed by atoms with van der Waals surface area (Å²) in [5.41, 5.74) is 5.25. The minimum absolute atomic E-state index is 0.178. The zero-order valence-electron chi connectivity index (χ0n) is 15.5. The summed E-state index contributed by atoms with van der Waals surface area (Å²) in [5.74, 6) is 0. The molecular formula is C21H26N2Si. The van der Waals surface area contributed by atoms with Crippen molar-refractivity contribution in [3.05, 3.63) is 53.4 Å².